The third kappa shape index (κ3) is 2.15. The van der Waals surface area contributed by atoms with Gasteiger partial charge in [0.15, 0.2) is 0 Å². The average molecular weight is 180 g/mol. The van der Waals surface area contributed by atoms with E-state index in [0.717, 1.165) is 5.92 Å². The molecule has 1 saturated carbocycles. The lowest BCUT2D eigenvalue weighted by atomic mass is 9.71. The zero-order chi connectivity index (χ0) is 10.1. The van der Waals surface area contributed by atoms with Gasteiger partial charge in [0.2, 0.25) is 0 Å². The van der Waals surface area contributed by atoms with Crippen LogP contribution in [0, 0.1) is 11.3 Å². The van der Waals surface area contributed by atoms with Crippen LogP contribution in [-0.2, 0) is 0 Å². The third-order valence-electron chi connectivity index (χ3n) is 4.09. The van der Waals surface area contributed by atoms with Gasteiger partial charge in [0.25, 0.3) is 0 Å². The van der Waals surface area contributed by atoms with Gasteiger partial charge < -0.3 is 0 Å². The molecule has 0 saturated heterocycles. The van der Waals surface area contributed by atoms with Gasteiger partial charge in [-0.25, -0.2) is 0 Å². The quantitative estimate of drug-likeness (QED) is 0.546. The van der Waals surface area contributed by atoms with E-state index in [9.17, 15) is 0 Å². The van der Waals surface area contributed by atoms with Crippen molar-refractivity contribution >= 4 is 0 Å². The summed E-state index contributed by atoms with van der Waals surface area (Å²) in [5, 5.41) is 0. The second-order valence-electron chi connectivity index (χ2n) is 5.33. The van der Waals surface area contributed by atoms with E-state index in [0.29, 0.717) is 5.41 Å². The van der Waals surface area contributed by atoms with Crippen LogP contribution < -0.4 is 0 Å². The van der Waals surface area contributed by atoms with Gasteiger partial charge in [-0.15, -0.1) is 0 Å². The SMILES string of the molecule is CC(C)=C(C)C(C)(C)C1CCCC1. The Morgan fingerprint density at radius 3 is 1.85 bits per heavy atom. The molecule has 0 N–H and O–H groups in total. The van der Waals surface area contributed by atoms with Gasteiger partial charge in [0, 0.05) is 0 Å². The number of rotatable bonds is 2. The van der Waals surface area contributed by atoms with Crippen molar-refractivity contribution < 1.29 is 0 Å². The monoisotopic (exact) mass is 180 g/mol. The summed E-state index contributed by atoms with van der Waals surface area (Å²) < 4.78 is 0. The van der Waals surface area contributed by atoms with Crippen LogP contribution in [0.4, 0.5) is 0 Å². The minimum Gasteiger partial charge on any atom is -0.0770 e. The number of hydrogen-bond acceptors (Lipinski definition) is 0. The van der Waals surface area contributed by atoms with E-state index in [1.54, 1.807) is 5.57 Å². The third-order valence-corrected chi connectivity index (χ3v) is 4.09. The summed E-state index contributed by atoms with van der Waals surface area (Å²) in [5.74, 6) is 0.933. The lowest BCUT2D eigenvalue weighted by Gasteiger charge is -2.34. The smallest absolute Gasteiger partial charge is 0.0117 e. The fourth-order valence-corrected chi connectivity index (χ4v) is 2.60. The van der Waals surface area contributed by atoms with Crippen molar-refractivity contribution in [3.63, 3.8) is 0 Å². The van der Waals surface area contributed by atoms with Crippen LogP contribution in [0.5, 0.6) is 0 Å². The molecule has 0 spiro atoms. The van der Waals surface area contributed by atoms with Gasteiger partial charge in [-0.05, 0) is 44.9 Å². The largest absolute Gasteiger partial charge is 0.0770 e. The molecule has 0 aromatic rings. The molecule has 1 rings (SSSR count). The molecule has 0 aromatic heterocycles. The molecule has 0 atom stereocenters. The molecule has 0 nitrogen and oxygen atoms in total. The summed E-state index contributed by atoms with van der Waals surface area (Å²) >= 11 is 0. The lowest BCUT2D eigenvalue weighted by molar-refractivity contribution is 0.268. The van der Waals surface area contributed by atoms with Crippen molar-refractivity contribution in [1.29, 1.82) is 0 Å². The predicted octanol–water partition coefficient (Wildman–Crippen LogP) is 4.56. The summed E-state index contributed by atoms with van der Waals surface area (Å²) in [6.07, 6.45) is 5.78. The van der Waals surface area contributed by atoms with E-state index in [1.807, 2.05) is 0 Å². The summed E-state index contributed by atoms with van der Waals surface area (Å²) in [4.78, 5) is 0. The van der Waals surface area contributed by atoms with Crippen LogP contribution in [0.25, 0.3) is 0 Å². The maximum Gasteiger partial charge on any atom is -0.0117 e. The highest BCUT2D eigenvalue weighted by molar-refractivity contribution is 5.17. The molecule has 13 heavy (non-hydrogen) atoms. The first kappa shape index (κ1) is 10.8. The van der Waals surface area contributed by atoms with E-state index >= 15 is 0 Å². The van der Waals surface area contributed by atoms with E-state index < -0.39 is 0 Å². The van der Waals surface area contributed by atoms with E-state index in [2.05, 4.69) is 34.6 Å². The molecular weight excluding hydrogens is 156 g/mol. The second kappa shape index (κ2) is 3.86. The minimum atomic E-state index is 0.440. The minimum absolute atomic E-state index is 0.440. The average Bonchev–Trinajstić information content (AvgIpc) is 2.54. The van der Waals surface area contributed by atoms with Crippen molar-refractivity contribution in [1.82, 2.24) is 0 Å². The normalized spacial score (nSPS) is 19.2. The van der Waals surface area contributed by atoms with Crippen LogP contribution >= 0.6 is 0 Å². The molecule has 0 unspecified atom stereocenters. The molecule has 0 bridgehead atoms. The second-order valence-corrected chi connectivity index (χ2v) is 5.33. The molecule has 0 heteroatoms. The van der Waals surface area contributed by atoms with Crippen LogP contribution in [0.15, 0.2) is 11.1 Å². The Kier molecular flexibility index (Phi) is 3.21. The number of allylic oxidation sites excluding steroid dienone is 2. The van der Waals surface area contributed by atoms with Crippen LogP contribution in [-0.4, -0.2) is 0 Å². The first-order valence-electron chi connectivity index (χ1n) is 5.61. The summed E-state index contributed by atoms with van der Waals surface area (Å²) in [6, 6.07) is 0. The molecule has 0 amide bonds. The topological polar surface area (TPSA) is 0 Å². The Bertz CT molecular complexity index is 198. The van der Waals surface area contributed by atoms with Gasteiger partial charge in [-0.1, -0.05) is 37.8 Å². The van der Waals surface area contributed by atoms with Crippen molar-refractivity contribution in [3.05, 3.63) is 11.1 Å². The highest BCUT2D eigenvalue weighted by atomic mass is 14.4. The molecule has 1 aliphatic rings. The fraction of sp³-hybridized carbons (Fsp3) is 0.846. The summed E-state index contributed by atoms with van der Waals surface area (Å²) in [5.41, 5.74) is 3.56. The van der Waals surface area contributed by atoms with Gasteiger partial charge in [-0.3, -0.25) is 0 Å². The zero-order valence-corrected chi connectivity index (χ0v) is 9.91. The molecular formula is C13H24. The Balaban J connectivity index is 2.80. The molecule has 0 aliphatic heterocycles. The highest BCUT2D eigenvalue weighted by Gasteiger charge is 2.33. The Labute approximate surface area is 83.4 Å². The van der Waals surface area contributed by atoms with Crippen molar-refractivity contribution in [2.24, 2.45) is 11.3 Å². The van der Waals surface area contributed by atoms with Crippen LogP contribution in [0.2, 0.25) is 0 Å². The molecule has 76 valence electrons. The van der Waals surface area contributed by atoms with Gasteiger partial charge in [-0.2, -0.15) is 0 Å². The molecule has 1 fully saturated rings. The zero-order valence-electron chi connectivity index (χ0n) is 9.91. The first-order valence-corrected chi connectivity index (χ1v) is 5.61. The fourth-order valence-electron chi connectivity index (χ4n) is 2.60. The number of hydrogen-bond donors (Lipinski definition) is 0. The maximum absolute atomic E-state index is 2.42. The van der Waals surface area contributed by atoms with Crippen molar-refractivity contribution in [2.75, 3.05) is 0 Å². The van der Waals surface area contributed by atoms with E-state index in [4.69, 9.17) is 0 Å². The van der Waals surface area contributed by atoms with Crippen molar-refractivity contribution in [2.45, 2.75) is 60.3 Å². The highest BCUT2D eigenvalue weighted by Crippen LogP contribution is 2.44. The molecule has 1 aliphatic carbocycles. The first-order chi connectivity index (χ1) is 5.96. The lowest BCUT2D eigenvalue weighted by Crippen LogP contribution is -2.23. The van der Waals surface area contributed by atoms with E-state index in [-0.39, 0.29) is 0 Å². The predicted molar refractivity (Wildman–Crippen MR) is 59.8 cm³/mol. The van der Waals surface area contributed by atoms with Crippen LogP contribution in [0.1, 0.15) is 60.3 Å². The standard InChI is InChI=1S/C13H24/c1-10(2)11(3)13(4,5)12-8-6-7-9-12/h12H,6-9H2,1-5H3. The van der Waals surface area contributed by atoms with Gasteiger partial charge in [0.1, 0.15) is 0 Å². The molecule has 0 heterocycles. The maximum atomic E-state index is 2.42. The van der Waals surface area contributed by atoms with E-state index in [1.165, 1.54) is 31.3 Å². The summed E-state index contributed by atoms with van der Waals surface area (Å²) in [6.45, 7) is 11.6. The Morgan fingerprint density at radius 2 is 1.46 bits per heavy atom. The molecule has 0 aromatic carbocycles. The summed E-state index contributed by atoms with van der Waals surface area (Å²) in [7, 11) is 0. The Morgan fingerprint density at radius 1 is 1.00 bits per heavy atom. The van der Waals surface area contributed by atoms with Crippen LogP contribution in [0.3, 0.4) is 0 Å². The van der Waals surface area contributed by atoms with Gasteiger partial charge >= 0.3 is 0 Å². The molecule has 0 radical (unpaired) electrons. The Hall–Kier alpha value is -0.260. The van der Waals surface area contributed by atoms with Gasteiger partial charge in [0.05, 0.1) is 0 Å². The van der Waals surface area contributed by atoms with Crippen molar-refractivity contribution in [3.8, 4) is 0 Å².